The molecule has 0 fully saturated rings. The maximum Gasteiger partial charge on any atom is 0.408 e. The zero-order chi connectivity index (χ0) is 20.4. The highest BCUT2D eigenvalue weighted by atomic mass is 19.1. The zero-order valence-corrected chi connectivity index (χ0v) is 16.1. The lowest BCUT2D eigenvalue weighted by molar-refractivity contribution is -0.125. The van der Waals surface area contributed by atoms with Crippen LogP contribution in [0.2, 0.25) is 0 Å². The molecular weight excluding hydrogens is 351 g/mol. The number of hydrogen-bond acceptors (Lipinski definition) is 4. The average molecular weight is 378 g/mol. The van der Waals surface area contributed by atoms with Gasteiger partial charge in [-0.05, 0) is 37.5 Å². The Morgan fingerprint density at radius 2 is 1.78 bits per heavy atom. The molecule has 1 aromatic rings. The smallest absolute Gasteiger partial charge is 0.408 e. The van der Waals surface area contributed by atoms with Crippen molar-refractivity contribution in [3.8, 4) is 12.3 Å². The van der Waals surface area contributed by atoms with Crippen molar-refractivity contribution in [1.29, 1.82) is 0 Å². The Balaban J connectivity index is 2.88. The highest BCUT2D eigenvalue weighted by molar-refractivity contribution is 5.86. The van der Waals surface area contributed by atoms with Crippen LogP contribution >= 0.6 is 0 Å². The van der Waals surface area contributed by atoms with Crippen molar-refractivity contribution in [2.45, 2.75) is 45.9 Å². The minimum absolute atomic E-state index is 0.0835. The molecule has 148 valence electrons. The summed E-state index contributed by atoms with van der Waals surface area (Å²) in [5.74, 6) is 1.40. The third-order valence-electron chi connectivity index (χ3n) is 3.62. The SMILES string of the molecule is C#CCOCC(NC(=O)C(NC(=O)OC(C)C)C(C)C)c1ccc(F)cc1. The third kappa shape index (κ3) is 8.09. The van der Waals surface area contributed by atoms with Crippen LogP contribution in [0.1, 0.15) is 39.3 Å². The van der Waals surface area contributed by atoms with Crippen molar-refractivity contribution < 1.29 is 23.5 Å². The molecule has 0 aliphatic rings. The summed E-state index contributed by atoms with van der Waals surface area (Å²) in [5.41, 5.74) is 0.661. The Morgan fingerprint density at radius 1 is 1.15 bits per heavy atom. The molecule has 0 spiro atoms. The quantitative estimate of drug-likeness (QED) is 0.512. The van der Waals surface area contributed by atoms with Gasteiger partial charge in [-0.1, -0.05) is 31.9 Å². The Kier molecular flexibility index (Phi) is 9.31. The van der Waals surface area contributed by atoms with Crippen LogP contribution in [0.4, 0.5) is 9.18 Å². The van der Waals surface area contributed by atoms with Crippen LogP contribution in [-0.4, -0.2) is 37.4 Å². The van der Waals surface area contributed by atoms with Crippen molar-refractivity contribution in [2.24, 2.45) is 5.92 Å². The first-order valence-corrected chi connectivity index (χ1v) is 8.78. The molecule has 0 saturated carbocycles. The summed E-state index contributed by atoms with van der Waals surface area (Å²) >= 11 is 0. The molecule has 27 heavy (non-hydrogen) atoms. The second-order valence-electron chi connectivity index (χ2n) is 6.65. The van der Waals surface area contributed by atoms with E-state index in [1.54, 1.807) is 26.0 Å². The van der Waals surface area contributed by atoms with E-state index in [1.165, 1.54) is 12.1 Å². The third-order valence-corrected chi connectivity index (χ3v) is 3.62. The topological polar surface area (TPSA) is 76.7 Å². The number of alkyl carbamates (subject to hydrolysis) is 1. The van der Waals surface area contributed by atoms with E-state index < -0.39 is 24.1 Å². The second kappa shape index (κ2) is 11.2. The highest BCUT2D eigenvalue weighted by Crippen LogP contribution is 2.15. The van der Waals surface area contributed by atoms with Gasteiger partial charge in [-0.3, -0.25) is 4.79 Å². The summed E-state index contributed by atoms with van der Waals surface area (Å²) in [5, 5.41) is 5.40. The lowest BCUT2D eigenvalue weighted by atomic mass is 10.0. The number of benzene rings is 1. The van der Waals surface area contributed by atoms with Crippen molar-refractivity contribution in [3.63, 3.8) is 0 Å². The largest absolute Gasteiger partial charge is 0.447 e. The van der Waals surface area contributed by atoms with E-state index in [0.29, 0.717) is 5.56 Å². The number of carbonyl (C=O) groups is 2. The van der Waals surface area contributed by atoms with Gasteiger partial charge in [-0.15, -0.1) is 6.42 Å². The fraction of sp³-hybridized carbons (Fsp3) is 0.500. The number of ether oxygens (including phenoxy) is 2. The molecule has 1 rings (SSSR count). The van der Waals surface area contributed by atoms with Gasteiger partial charge in [0.15, 0.2) is 0 Å². The van der Waals surface area contributed by atoms with Crippen LogP contribution in [0.15, 0.2) is 24.3 Å². The minimum Gasteiger partial charge on any atom is -0.447 e. The van der Waals surface area contributed by atoms with E-state index in [9.17, 15) is 14.0 Å². The highest BCUT2D eigenvalue weighted by Gasteiger charge is 2.27. The molecule has 6 nitrogen and oxygen atoms in total. The van der Waals surface area contributed by atoms with Crippen LogP contribution in [-0.2, 0) is 14.3 Å². The van der Waals surface area contributed by atoms with E-state index >= 15 is 0 Å². The molecule has 2 unspecified atom stereocenters. The number of carbonyl (C=O) groups excluding carboxylic acids is 2. The number of halogens is 1. The van der Waals surface area contributed by atoms with Crippen molar-refractivity contribution in [1.82, 2.24) is 10.6 Å². The molecule has 0 saturated heterocycles. The Morgan fingerprint density at radius 3 is 2.30 bits per heavy atom. The maximum absolute atomic E-state index is 13.2. The van der Waals surface area contributed by atoms with Gasteiger partial charge in [0.25, 0.3) is 0 Å². The Hall–Kier alpha value is -2.59. The van der Waals surface area contributed by atoms with Crippen LogP contribution in [0.25, 0.3) is 0 Å². The fourth-order valence-electron chi connectivity index (χ4n) is 2.32. The van der Waals surface area contributed by atoms with E-state index in [0.717, 1.165) is 0 Å². The first-order valence-electron chi connectivity index (χ1n) is 8.78. The predicted octanol–water partition coefficient (Wildman–Crippen LogP) is 2.79. The summed E-state index contributed by atoms with van der Waals surface area (Å²) in [7, 11) is 0. The fourth-order valence-corrected chi connectivity index (χ4v) is 2.32. The first kappa shape index (κ1) is 22.5. The molecule has 2 amide bonds. The van der Waals surface area contributed by atoms with Gasteiger partial charge in [0.1, 0.15) is 18.5 Å². The molecule has 0 aliphatic heterocycles. The molecule has 2 atom stereocenters. The molecule has 0 heterocycles. The normalized spacial score (nSPS) is 13.0. The van der Waals surface area contributed by atoms with Gasteiger partial charge < -0.3 is 20.1 Å². The standard InChI is InChI=1S/C20H27FN2O4/c1-6-11-26-12-17(15-7-9-16(21)10-8-15)22-19(24)18(13(2)3)23-20(25)27-14(4)5/h1,7-10,13-14,17-18H,11-12H2,2-5H3,(H,22,24)(H,23,25). The van der Waals surface area contributed by atoms with Gasteiger partial charge in [0.2, 0.25) is 5.91 Å². The monoisotopic (exact) mass is 378 g/mol. The van der Waals surface area contributed by atoms with E-state index in [4.69, 9.17) is 15.9 Å². The summed E-state index contributed by atoms with van der Waals surface area (Å²) in [6, 6.07) is 4.37. The number of rotatable bonds is 9. The van der Waals surface area contributed by atoms with Gasteiger partial charge >= 0.3 is 6.09 Å². The molecule has 0 radical (unpaired) electrons. The molecule has 0 bridgehead atoms. The lowest BCUT2D eigenvalue weighted by Gasteiger charge is -2.26. The average Bonchev–Trinajstić information content (AvgIpc) is 2.58. The zero-order valence-electron chi connectivity index (χ0n) is 16.1. The van der Waals surface area contributed by atoms with Crippen LogP contribution < -0.4 is 10.6 Å². The lowest BCUT2D eigenvalue weighted by Crippen LogP contribution is -2.51. The number of hydrogen-bond donors (Lipinski definition) is 2. The van der Waals surface area contributed by atoms with Crippen LogP contribution in [0.5, 0.6) is 0 Å². The molecule has 7 heteroatoms. The van der Waals surface area contributed by atoms with Crippen molar-refractivity contribution in [3.05, 3.63) is 35.6 Å². The van der Waals surface area contributed by atoms with Crippen molar-refractivity contribution >= 4 is 12.0 Å². The van der Waals surface area contributed by atoms with E-state index in [-0.39, 0.29) is 31.1 Å². The van der Waals surface area contributed by atoms with Gasteiger partial charge in [0, 0.05) is 0 Å². The minimum atomic E-state index is -0.799. The van der Waals surface area contributed by atoms with Crippen molar-refractivity contribution in [2.75, 3.05) is 13.2 Å². The van der Waals surface area contributed by atoms with E-state index in [2.05, 4.69) is 16.6 Å². The van der Waals surface area contributed by atoms with Gasteiger partial charge in [-0.2, -0.15) is 0 Å². The van der Waals surface area contributed by atoms with Crippen LogP contribution in [0, 0.1) is 24.1 Å². The summed E-state index contributed by atoms with van der Waals surface area (Å²) in [6.07, 6.45) is 4.22. The second-order valence-corrected chi connectivity index (χ2v) is 6.65. The van der Waals surface area contributed by atoms with E-state index in [1.807, 2.05) is 13.8 Å². The predicted molar refractivity (Wildman–Crippen MR) is 100 cm³/mol. The summed E-state index contributed by atoms with van der Waals surface area (Å²) in [4.78, 5) is 24.6. The maximum atomic E-state index is 13.2. The number of terminal acetylenes is 1. The Labute approximate surface area is 159 Å². The summed E-state index contributed by atoms with van der Waals surface area (Å²) < 4.78 is 23.6. The molecule has 0 aromatic heterocycles. The molecule has 1 aromatic carbocycles. The summed E-state index contributed by atoms with van der Waals surface area (Å²) in [6.45, 7) is 7.25. The first-order chi connectivity index (χ1) is 12.7. The molecular formula is C20H27FN2O4. The molecule has 2 N–H and O–H groups in total. The molecule has 0 aliphatic carbocycles. The van der Waals surface area contributed by atoms with Gasteiger partial charge in [0.05, 0.1) is 18.8 Å². The number of nitrogens with one attached hydrogen (secondary N) is 2. The van der Waals surface area contributed by atoms with Crippen LogP contribution in [0.3, 0.4) is 0 Å². The Bertz CT molecular complexity index is 653. The number of amides is 2. The van der Waals surface area contributed by atoms with Gasteiger partial charge in [-0.25, -0.2) is 9.18 Å².